The molecule has 0 atom stereocenters. The minimum atomic E-state index is -1.47. The van der Waals surface area contributed by atoms with E-state index >= 15 is 0 Å². The van der Waals surface area contributed by atoms with E-state index in [1.54, 1.807) is 6.07 Å². The maximum atomic E-state index is 12.6. The molecular weight excluding hydrogens is 320 g/mol. The first-order valence-electron chi connectivity index (χ1n) is 8.10. The summed E-state index contributed by atoms with van der Waals surface area (Å²) in [6.07, 6.45) is 1.16. The summed E-state index contributed by atoms with van der Waals surface area (Å²) in [5.74, 6) is 2.28. The van der Waals surface area contributed by atoms with E-state index < -0.39 is 8.07 Å². The van der Waals surface area contributed by atoms with Crippen molar-refractivity contribution in [2.45, 2.75) is 45.4 Å². The molecule has 1 fully saturated rings. The maximum Gasteiger partial charge on any atom is 0.273 e. The zero-order valence-electron chi connectivity index (χ0n) is 14.2. The van der Waals surface area contributed by atoms with Crippen molar-refractivity contribution in [3.8, 4) is 11.5 Å². The van der Waals surface area contributed by atoms with E-state index in [9.17, 15) is 14.4 Å². The van der Waals surface area contributed by atoms with E-state index in [2.05, 4.69) is 31.1 Å². The molecule has 3 rings (SSSR count). The Bertz CT molecular complexity index is 783. The molecule has 0 N–H and O–H groups in total. The molecule has 124 valence electrons. The van der Waals surface area contributed by atoms with Gasteiger partial charge in [-0.3, -0.25) is 14.4 Å². The smallest absolute Gasteiger partial charge is 0.273 e. The van der Waals surface area contributed by atoms with Gasteiger partial charge < -0.3 is 0 Å². The first-order chi connectivity index (χ1) is 11.3. The lowest BCUT2D eigenvalue weighted by Crippen LogP contribution is -2.51. The summed E-state index contributed by atoms with van der Waals surface area (Å²) in [4.78, 5) is 36.7. The molecule has 0 spiro atoms. The quantitative estimate of drug-likeness (QED) is 0.448. The van der Waals surface area contributed by atoms with Gasteiger partial charge in [0.05, 0.1) is 6.54 Å². The van der Waals surface area contributed by atoms with Gasteiger partial charge in [0.15, 0.2) is 0 Å². The molecule has 0 unspecified atom stereocenters. The van der Waals surface area contributed by atoms with Crippen LogP contribution in [0.5, 0.6) is 0 Å². The van der Waals surface area contributed by atoms with Crippen molar-refractivity contribution < 1.29 is 14.4 Å². The Morgan fingerprint density at radius 1 is 1.04 bits per heavy atom. The summed E-state index contributed by atoms with van der Waals surface area (Å²) in [6, 6.07) is 5.46. The van der Waals surface area contributed by atoms with Crippen LogP contribution in [0.3, 0.4) is 0 Å². The largest absolute Gasteiger partial charge is 0.273 e. The van der Waals surface area contributed by atoms with Crippen molar-refractivity contribution in [2.75, 3.05) is 0 Å². The number of piperidine rings is 1. The predicted octanol–water partition coefficient (Wildman–Crippen LogP) is 2.33. The fourth-order valence-electron chi connectivity index (χ4n) is 2.82. The van der Waals surface area contributed by atoms with E-state index in [0.29, 0.717) is 24.8 Å². The highest BCUT2D eigenvalue weighted by Crippen LogP contribution is 2.27. The summed E-state index contributed by atoms with van der Waals surface area (Å²) in [6.45, 7) is 6.76. The summed E-state index contributed by atoms with van der Waals surface area (Å²) < 4.78 is 0. The molecule has 1 saturated heterocycles. The molecule has 0 saturated carbocycles. The third-order valence-electron chi connectivity index (χ3n) is 3.97. The lowest BCUT2D eigenvalue weighted by molar-refractivity contribution is -0.163. The third kappa shape index (κ3) is 3.13. The van der Waals surface area contributed by atoms with Gasteiger partial charge in [0, 0.05) is 24.0 Å². The highest BCUT2D eigenvalue weighted by Gasteiger charge is 2.39. The van der Waals surface area contributed by atoms with Gasteiger partial charge in [-0.05, 0) is 30.2 Å². The molecule has 3 amide bonds. The second-order valence-corrected chi connectivity index (χ2v) is 11.9. The number of fused-ring (bicyclic) bond motifs is 1. The van der Waals surface area contributed by atoms with Gasteiger partial charge in [-0.25, -0.2) is 5.01 Å². The molecule has 0 aliphatic carbocycles. The average Bonchev–Trinajstić information content (AvgIpc) is 2.81. The minimum absolute atomic E-state index is 0.244. The molecule has 2 aliphatic rings. The predicted molar refractivity (Wildman–Crippen MR) is 92.2 cm³/mol. The van der Waals surface area contributed by atoms with Crippen LogP contribution in [0.4, 0.5) is 0 Å². The summed E-state index contributed by atoms with van der Waals surface area (Å²) >= 11 is 0. The van der Waals surface area contributed by atoms with Crippen LogP contribution >= 0.6 is 0 Å². The monoisotopic (exact) mass is 340 g/mol. The summed E-state index contributed by atoms with van der Waals surface area (Å²) in [5, 5.41) is 2.30. The van der Waals surface area contributed by atoms with Crippen LogP contribution in [0.2, 0.25) is 19.6 Å². The van der Waals surface area contributed by atoms with Crippen LogP contribution in [0.1, 0.15) is 40.7 Å². The number of nitrogens with zero attached hydrogens (tertiary/aromatic N) is 2. The van der Waals surface area contributed by atoms with E-state index in [-0.39, 0.29) is 24.3 Å². The van der Waals surface area contributed by atoms with E-state index in [1.165, 1.54) is 5.01 Å². The topological polar surface area (TPSA) is 57.7 Å². The summed E-state index contributed by atoms with van der Waals surface area (Å²) in [7, 11) is -1.47. The third-order valence-corrected chi connectivity index (χ3v) is 4.84. The maximum absolute atomic E-state index is 12.6. The highest BCUT2D eigenvalue weighted by molar-refractivity contribution is 6.83. The number of imide groups is 1. The van der Waals surface area contributed by atoms with Crippen LogP contribution in [0.25, 0.3) is 0 Å². The van der Waals surface area contributed by atoms with Crippen molar-refractivity contribution in [1.82, 2.24) is 10.0 Å². The van der Waals surface area contributed by atoms with Gasteiger partial charge in [-0.2, -0.15) is 5.01 Å². The van der Waals surface area contributed by atoms with Gasteiger partial charge in [0.2, 0.25) is 11.8 Å². The van der Waals surface area contributed by atoms with Crippen molar-refractivity contribution in [1.29, 1.82) is 0 Å². The average molecular weight is 340 g/mol. The van der Waals surface area contributed by atoms with Crippen LogP contribution < -0.4 is 0 Å². The van der Waals surface area contributed by atoms with Crippen LogP contribution in [0, 0.1) is 11.5 Å². The number of hydrogen-bond acceptors (Lipinski definition) is 3. The SMILES string of the molecule is C[Si](C)(C)C#Cc1ccc2c(c1)CN(N1C(=O)CCCC1=O)C2=O. The Morgan fingerprint density at radius 2 is 1.71 bits per heavy atom. The van der Waals surface area contributed by atoms with Crippen LogP contribution in [-0.4, -0.2) is 35.8 Å². The molecule has 0 radical (unpaired) electrons. The van der Waals surface area contributed by atoms with Gasteiger partial charge in [0.1, 0.15) is 8.07 Å². The molecule has 1 aromatic rings. The lowest BCUT2D eigenvalue weighted by atomic mass is 10.1. The first-order valence-corrected chi connectivity index (χ1v) is 11.6. The van der Waals surface area contributed by atoms with Gasteiger partial charge >= 0.3 is 0 Å². The minimum Gasteiger partial charge on any atom is -0.273 e. The Balaban J connectivity index is 1.88. The zero-order valence-corrected chi connectivity index (χ0v) is 15.2. The van der Waals surface area contributed by atoms with Crippen molar-refractivity contribution in [2.24, 2.45) is 0 Å². The molecule has 6 heteroatoms. The van der Waals surface area contributed by atoms with Crippen LogP contribution in [-0.2, 0) is 16.1 Å². The second kappa shape index (κ2) is 5.91. The molecule has 5 nitrogen and oxygen atoms in total. The second-order valence-electron chi connectivity index (χ2n) is 7.19. The first kappa shape index (κ1) is 16.5. The van der Waals surface area contributed by atoms with Gasteiger partial charge in [0.25, 0.3) is 5.91 Å². The van der Waals surface area contributed by atoms with Crippen molar-refractivity contribution in [3.63, 3.8) is 0 Å². The number of carbonyl (C=O) groups excluding carboxylic acids is 3. The molecular formula is C18H20N2O3Si. The fourth-order valence-corrected chi connectivity index (χ4v) is 3.33. The van der Waals surface area contributed by atoms with E-state index in [4.69, 9.17) is 0 Å². The van der Waals surface area contributed by atoms with Gasteiger partial charge in [-0.1, -0.05) is 25.6 Å². The number of carbonyl (C=O) groups is 3. The highest BCUT2D eigenvalue weighted by atomic mass is 28.3. The lowest BCUT2D eigenvalue weighted by Gasteiger charge is -2.32. The van der Waals surface area contributed by atoms with Gasteiger partial charge in [-0.15, -0.1) is 5.54 Å². The normalized spacial score (nSPS) is 17.7. The Kier molecular flexibility index (Phi) is 4.06. The molecule has 24 heavy (non-hydrogen) atoms. The zero-order chi connectivity index (χ0) is 17.5. The van der Waals surface area contributed by atoms with Crippen molar-refractivity contribution >= 4 is 25.8 Å². The standard InChI is InChI=1S/C18H20N2O3Si/c1-24(2,3)10-9-13-7-8-15-14(11-13)12-19(18(15)23)20-16(21)5-4-6-17(20)22/h7-8,11H,4-6,12H2,1-3H3. The molecule has 0 aromatic heterocycles. The Morgan fingerprint density at radius 3 is 2.33 bits per heavy atom. The number of amides is 3. The molecule has 2 aliphatic heterocycles. The number of rotatable bonds is 1. The van der Waals surface area contributed by atoms with Crippen molar-refractivity contribution in [3.05, 3.63) is 34.9 Å². The molecule has 2 heterocycles. The Labute approximate surface area is 142 Å². The molecule has 0 bridgehead atoms. The molecule has 1 aromatic carbocycles. The summed E-state index contributed by atoms with van der Waals surface area (Å²) in [5.41, 5.74) is 5.52. The fraction of sp³-hybridized carbons (Fsp3) is 0.389. The number of hydrazine groups is 1. The number of benzene rings is 1. The Hall–Kier alpha value is -2.39. The van der Waals surface area contributed by atoms with E-state index in [1.807, 2.05) is 12.1 Å². The van der Waals surface area contributed by atoms with Crippen LogP contribution in [0.15, 0.2) is 18.2 Å². The van der Waals surface area contributed by atoms with E-state index in [0.717, 1.165) is 16.1 Å². The number of hydrogen-bond donors (Lipinski definition) is 0.